The van der Waals surface area contributed by atoms with E-state index < -0.39 is 11.9 Å². The van der Waals surface area contributed by atoms with Crippen LogP contribution in [0.2, 0.25) is 0 Å². The number of carbonyl (C=O) groups excluding carboxylic acids is 2. The Hall–Kier alpha value is -2.57. The fourth-order valence-corrected chi connectivity index (χ4v) is 3.99. The van der Waals surface area contributed by atoms with Crippen LogP contribution in [0.25, 0.3) is 0 Å². The Morgan fingerprint density at radius 1 is 1.19 bits per heavy atom. The summed E-state index contributed by atoms with van der Waals surface area (Å²) in [6, 6.07) is 15.1. The first kappa shape index (κ1) is 19.2. The lowest BCUT2D eigenvalue weighted by atomic mass is 9.93. The molecule has 0 unspecified atom stereocenters. The molecule has 0 bridgehead atoms. The quantitative estimate of drug-likeness (QED) is 0.571. The fourth-order valence-electron chi connectivity index (χ4n) is 3.24. The van der Waals surface area contributed by atoms with Crippen molar-refractivity contribution in [2.75, 3.05) is 17.6 Å². The number of nitrogens with two attached hydrogens (primary N) is 1. The van der Waals surface area contributed by atoms with Crippen LogP contribution in [0.5, 0.6) is 0 Å². The van der Waals surface area contributed by atoms with Crippen molar-refractivity contribution in [3.63, 3.8) is 0 Å². The van der Waals surface area contributed by atoms with Crippen LogP contribution < -0.4 is 11.1 Å². The van der Waals surface area contributed by atoms with Crippen molar-refractivity contribution >= 4 is 29.3 Å². The standard InChI is InChI=1S/C21H23N3O2S/c1-2-11-27-19-10-6-5-9-17(19)23-20(25)14-24-13-16-8-4-3-7-15(16)12-18(24)21(22)26/h2-10,18H,1,11-14H2,(H2,22,26)(H,23,25)/t18-/m0/s1. The Kier molecular flexibility index (Phi) is 6.32. The van der Waals surface area contributed by atoms with E-state index in [1.165, 1.54) is 0 Å². The lowest BCUT2D eigenvalue weighted by Crippen LogP contribution is -2.50. The highest BCUT2D eigenvalue weighted by Crippen LogP contribution is 2.27. The van der Waals surface area contributed by atoms with Crippen LogP contribution in [0.3, 0.4) is 0 Å². The number of thioether (sulfide) groups is 1. The summed E-state index contributed by atoms with van der Waals surface area (Å²) in [5.74, 6) is 0.200. The minimum atomic E-state index is -0.476. The van der Waals surface area contributed by atoms with E-state index in [9.17, 15) is 9.59 Å². The van der Waals surface area contributed by atoms with Crippen molar-refractivity contribution in [1.82, 2.24) is 4.90 Å². The summed E-state index contributed by atoms with van der Waals surface area (Å²) in [4.78, 5) is 27.4. The second-order valence-corrected chi connectivity index (χ2v) is 7.50. The molecule has 0 saturated heterocycles. The number of benzene rings is 2. The molecule has 27 heavy (non-hydrogen) atoms. The molecule has 2 amide bonds. The van der Waals surface area contributed by atoms with Crippen molar-refractivity contribution in [3.8, 4) is 0 Å². The van der Waals surface area contributed by atoms with Gasteiger partial charge in [-0.15, -0.1) is 18.3 Å². The molecule has 1 aliphatic rings. The average Bonchev–Trinajstić information content (AvgIpc) is 2.66. The van der Waals surface area contributed by atoms with Crippen LogP contribution in [-0.2, 0) is 22.6 Å². The third-order valence-corrected chi connectivity index (χ3v) is 5.61. The van der Waals surface area contributed by atoms with Crippen LogP contribution in [0, 0.1) is 0 Å². The summed E-state index contributed by atoms with van der Waals surface area (Å²) in [6.07, 6.45) is 2.36. The normalized spacial score (nSPS) is 16.4. The lowest BCUT2D eigenvalue weighted by Gasteiger charge is -2.34. The highest BCUT2D eigenvalue weighted by atomic mass is 32.2. The van der Waals surface area contributed by atoms with Gasteiger partial charge in [0.1, 0.15) is 0 Å². The Bertz CT molecular complexity index is 853. The summed E-state index contributed by atoms with van der Waals surface area (Å²) >= 11 is 1.61. The summed E-state index contributed by atoms with van der Waals surface area (Å²) in [5.41, 5.74) is 8.61. The van der Waals surface area contributed by atoms with E-state index >= 15 is 0 Å². The smallest absolute Gasteiger partial charge is 0.238 e. The van der Waals surface area contributed by atoms with Crippen molar-refractivity contribution in [2.24, 2.45) is 5.73 Å². The molecule has 2 aromatic carbocycles. The largest absolute Gasteiger partial charge is 0.368 e. The molecule has 5 nitrogen and oxygen atoms in total. The zero-order chi connectivity index (χ0) is 19.2. The third kappa shape index (κ3) is 4.78. The van der Waals surface area contributed by atoms with Gasteiger partial charge in [0.05, 0.1) is 18.3 Å². The van der Waals surface area contributed by atoms with E-state index in [0.29, 0.717) is 13.0 Å². The third-order valence-electron chi connectivity index (χ3n) is 4.54. The van der Waals surface area contributed by atoms with Gasteiger partial charge in [-0.05, 0) is 29.7 Å². The molecule has 1 heterocycles. The molecule has 2 aromatic rings. The first-order valence-electron chi connectivity index (χ1n) is 8.81. The van der Waals surface area contributed by atoms with Crippen LogP contribution in [-0.4, -0.2) is 35.1 Å². The van der Waals surface area contributed by atoms with E-state index in [0.717, 1.165) is 27.5 Å². The summed E-state index contributed by atoms with van der Waals surface area (Å²) in [7, 11) is 0. The van der Waals surface area contributed by atoms with E-state index in [4.69, 9.17) is 5.73 Å². The van der Waals surface area contributed by atoms with E-state index in [2.05, 4.69) is 11.9 Å². The second-order valence-electron chi connectivity index (χ2n) is 6.44. The van der Waals surface area contributed by atoms with E-state index in [-0.39, 0.29) is 12.5 Å². The van der Waals surface area contributed by atoms with Gasteiger partial charge >= 0.3 is 0 Å². The molecule has 1 aliphatic heterocycles. The zero-order valence-corrected chi connectivity index (χ0v) is 15.9. The number of carbonyl (C=O) groups is 2. The van der Waals surface area contributed by atoms with Gasteiger partial charge in [0.2, 0.25) is 11.8 Å². The van der Waals surface area contributed by atoms with Gasteiger partial charge in [-0.25, -0.2) is 0 Å². The number of nitrogens with zero attached hydrogens (tertiary/aromatic N) is 1. The Labute approximate surface area is 163 Å². The molecule has 3 N–H and O–H groups in total. The van der Waals surface area contributed by atoms with Crippen molar-refractivity contribution in [1.29, 1.82) is 0 Å². The molecule has 1 atom stereocenters. The van der Waals surface area contributed by atoms with Crippen LogP contribution in [0.15, 0.2) is 66.1 Å². The number of anilines is 1. The maximum atomic E-state index is 12.7. The summed E-state index contributed by atoms with van der Waals surface area (Å²) in [5, 5.41) is 2.96. The van der Waals surface area contributed by atoms with E-state index in [1.807, 2.05) is 59.5 Å². The number of nitrogens with one attached hydrogen (secondary N) is 1. The van der Waals surface area contributed by atoms with Gasteiger partial charge < -0.3 is 11.1 Å². The monoisotopic (exact) mass is 381 g/mol. The number of hydrogen-bond acceptors (Lipinski definition) is 4. The number of para-hydroxylation sites is 1. The molecule has 3 rings (SSSR count). The Balaban J connectivity index is 1.71. The zero-order valence-electron chi connectivity index (χ0n) is 15.1. The first-order valence-corrected chi connectivity index (χ1v) is 9.79. The minimum absolute atomic E-state index is 0.113. The Morgan fingerprint density at radius 2 is 1.89 bits per heavy atom. The number of amides is 2. The maximum Gasteiger partial charge on any atom is 0.238 e. The highest BCUT2D eigenvalue weighted by molar-refractivity contribution is 7.99. The predicted molar refractivity (Wildman–Crippen MR) is 110 cm³/mol. The van der Waals surface area contributed by atoms with Gasteiger partial charge in [-0.1, -0.05) is 42.5 Å². The van der Waals surface area contributed by atoms with Gasteiger partial charge in [0, 0.05) is 17.2 Å². The molecular weight excluding hydrogens is 358 g/mol. The molecule has 0 spiro atoms. The van der Waals surface area contributed by atoms with Gasteiger partial charge in [-0.2, -0.15) is 0 Å². The maximum absolute atomic E-state index is 12.7. The van der Waals surface area contributed by atoms with Crippen LogP contribution in [0.1, 0.15) is 11.1 Å². The van der Waals surface area contributed by atoms with E-state index in [1.54, 1.807) is 11.8 Å². The van der Waals surface area contributed by atoms with Crippen LogP contribution in [0.4, 0.5) is 5.69 Å². The summed E-state index contributed by atoms with van der Waals surface area (Å²) in [6.45, 7) is 4.37. The molecule has 0 radical (unpaired) electrons. The van der Waals surface area contributed by atoms with Gasteiger partial charge in [0.15, 0.2) is 0 Å². The topological polar surface area (TPSA) is 75.4 Å². The van der Waals surface area contributed by atoms with Crippen molar-refractivity contribution < 1.29 is 9.59 Å². The molecule has 0 aliphatic carbocycles. The lowest BCUT2D eigenvalue weighted by molar-refractivity contribution is -0.125. The van der Waals surface area contributed by atoms with Gasteiger partial charge in [-0.3, -0.25) is 14.5 Å². The molecule has 0 saturated carbocycles. The highest BCUT2D eigenvalue weighted by Gasteiger charge is 2.31. The van der Waals surface area contributed by atoms with Crippen LogP contribution >= 0.6 is 11.8 Å². The number of rotatable bonds is 7. The molecule has 0 aromatic heterocycles. The SMILES string of the molecule is C=CCSc1ccccc1NC(=O)CN1Cc2ccccc2C[C@H]1C(N)=O. The number of primary amides is 1. The predicted octanol–water partition coefficient (Wildman–Crippen LogP) is 2.82. The fraction of sp³-hybridized carbons (Fsp3) is 0.238. The minimum Gasteiger partial charge on any atom is -0.368 e. The molecular formula is C21H23N3O2S. The Morgan fingerprint density at radius 3 is 2.63 bits per heavy atom. The second kappa shape index (κ2) is 8.88. The molecule has 0 fully saturated rings. The first-order chi connectivity index (χ1) is 13.1. The molecule has 140 valence electrons. The molecule has 6 heteroatoms. The van der Waals surface area contributed by atoms with Crippen molar-refractivity contribution in [2.45, 2.75) is 23.9 Å². The average molecular weight is 382 g/mol. The van der Waals surface area contributed by atoms with Gasteiger partial charge in [0.25, 0.3) is 0 Å². The summed E-state index contributed by atoms with van der Waals surface area (Å²) < 4.78 is 0. The number of hydrogen-bond donors (Lipinski definition) is 2. The van der Waals surface area contributed by atoms with Crippen molar-refractivity contribution in [3.05, 3.63) is 72.3 Å². The number of fused-ring (bicyclic) bond motifs is 1.